The second kappa shape index (κ2) is 5.75. The Bertz CT molecular complexity index is 570. The van der Waals surface area contributed by atoms with E-state index < -0.39 is 0 Å². The molecule has 106 valence electrons. The largest absolute Gasteiger partial charge is 0.310 e. The predicted molar refractivity (Wildman–Crippen MR) is 79.5 cm³/mol. The number of nitrogens with one attached hydrogen (secondary N) is 1. The number of aromatic nitrogens is 3. The Kier molecular flexibility index (Phi) is 3.83. The van der Waals surface area contributed by atoms with Crippen LogP contribution in [0.4, 0.5) is 0 Å². The molecule has 1 N–H and O–H groups in total. The third kappa shape index (κ3) is 3.07. The molecule has 2 aromatic rings. The van der Waals surface area contributed by atoms with Gasteiger partial charge in [-0.1, -0.05) is 6.07 Å². The number of aryl methyl sites for hydroxylation is 3. The van der Waals surface area contributed by atoms with E-state index in [0.29, 0.717) is 0 Å². The molecule has 3 rings (SSSR count). The maximum absolute atomic E-state index is 4.68. The fourth-order valence-corrected chi connectivity index (χ4v) is 2.52. The standard InChI is InChI=1S/C16H22N4/c1-12-16(11-18-15-5-6-15)13(2)20(19-12)9-7-14-4-3-8-17-10-14/h3-4,8,10,15,18H,5-7,9,11H2,1-2H3. The van der Waals surface area contributed by atoms with Gasteiger partial charge in [0.25, 0.3) is 0 Å². The summed E-state index contributed by atoms with van der Waals surface area (Å²) in [5, 5.41) is 8.26. The summed E-state index contributed by atoms with van der Waals surface area (Å²) in [7, 11) is 0. The molecule has 2 heterocycles. The van der Waals surface area contributed by atoms with E-state index in [2.05, 4.69) is 40.0 Å². The highest BCUT2D eigenvalue weighted by molar-refractivity contribution is 5.24. The minimum absolute atomic E-state index is 0.743. The molecule has 1 saturated carbocycles. The molecular formula is C16H22N4. The first kappa shape index (κ1) is 13.3. The van der Waals surface area contributed by atoms with Gasteiger partial charge in [0.2, 0.25) is 0 Å². The molecule has 0 bridgehead atoms. The van der Waals surface area contributed by atoms with E-state index >= 15 is 0 Å². The molecule has 20 heavy (non-hydrogen) atoms. The van der Waals surface area contributed by atoms with E-state index in [1.54, 1.807) is 0 Å². The summed E-state index contributed by atoms with van der Waals surface area (Å²) in [6.07, 6.45) is 7.38. The van der Waals surface area contributed by atoms with Crippen molar-refractivity contribution in [2.75, 3.05) is 0 Å². The second-order valence-electron chi connectivity index (χ2n) is 5.64. The van der Waals surface area contributed by atoms with Crippen LogP contribution in [0.5, 0.6) is 0 Å². The van der Waals surface area contributed by atoms with Crippen molar-refractivity contribution in [3.05, 3.63) is 47.0 Å². The molecule has 0 saturated heterocycles. The highest BCUT2D eigenvalue weighted by Crippen LogP contribution is 2.21. The van der Waals surface area contributed by atoms with Crippen LogP contribution in [0.15, 0.2) is 24.5 Å². The Hall–Kier alpha value is -1.68. The summed E-state index contributed by atoms with van der Waals surface area (Å²) < 4.78 is 2.13. The van der Waals surface area contributed by atoms with Crippen LogP contribution in [0.2, 0.25) is 0 Å². The van der Waals surface area contributed by atoms with E-state index in [4.69, 9.17) is 0 Å². The predicted octanol–water partition coefficient (Wildman–Crippen LogP) is 2.39. The van der Waals surface area contributed by atoms with E-state index in [1.165, 1.54) is 29.7 Å². The number of nitrogens with zero attached hydrogens (tertiary/aromatic N) is 3. The number of hydrogen-bond donors (Lipinski definition) is 1. The average Bonchev–Trinajstić information content (AvgIpc) is 3.24. The van der Waals surface area contributed by atoms with Crippen molar-refractivity contribution in [3.63, 3.8) is 0 Å². The Balaban J connectivity index is 1.65. The van der Waals surface area contributed by atoms with Crippen LogP contribution in [-0.4, -0.2) is 20.8 Å². The van der Waals surface area contributed by atoms with Gasteiger partial charge >= 0.3 is 0 Å². The molecule has 0 unspecified atom stereocenters. The van der Waals surface area contributed by atoms with Crippen LogP contribution in [0.1, 0.15) is 35.4 Å². The molecule has 0 amide bonds. The topological polar surface area (TPSA) is 42.7 Å². The Morgan fingerprint density at radius 2 is 2.20 bits per heavy atom. The molecule has 1 fully saturated rings. The van der Waals surface area contributed by atoms with Crippen LogP contribution >= 0.6 is 0 Å². The second-order valence-corrected chi connectivity index (χ2v) is 5.64. The highest BCUT2D eigenvalue weighted by atomic mass is 15.3. The Morgan fingerprint density at radius 3 is 2.90 bits per heavy atom. The molecule has 2 aromatic heterocycles. The SMILES string of the molecule is Cc1nn(CCc2cccnc2)c(C)c1CNC1CC1. The molecule has 0 aliphatic heterocycles. The van der Waals surface area contributed by atoms with Gasteiger partial charge in [0.05, 0.1) is 5.69 Å². The normalized spacial score (nSPS) is 14.7. The van der Waals surface area contributed by atoms with Crippen LogP contribution in [0.3, 0.4) is 0 Å². The zero-order valence-corrected chi connectivity index (χ0v) is 12.3. The molecule has 4 heteroatoms. The zero-order chi connectivity index (χ0) is 13.9. The fraction of sp³-hybridized carbons (Fsp3) is 0.500. The summed E-state index contributed by atoms with van der Waals surface area (Å²) in [6.45, 7) is 6.15. The Morgan fingerprint density at radius 1 is 1.35 bits per heavy atom. The van der Waals surface area contributed by atoms with Crippen LogP contribution in [0, 0.1) is 13.8 Å². The molecular weight excluding hydrogens is 248 g/mol. The van der Waals surface area contributed by atoms with E-state index in [0.717, 1.165) is 31.2 Å². The van der Waals surface area contributed by atoms with Crippen molar-refractivity contribution in [1.29, 1.82) is 0 Å². The smallest absolute Gasteiger partial charge is 0.0641 e. The fourth-order valence-electron chi connectivity index (χ4n) is 2.52. The average molecular weight is 270 g/mol. The number of hydrogen-bond acceptors (Lipinski definition) is 3. The minimum atomic E-state index is 0.743. The quantitative estimate of drug-likeness (QED) is 0.876. The summed E-state index contributed by atoms with van der Waals surface area (Å²) in [5.74, 6) is 0. The first-order chi connectivity index (χ1) is 9.74. The lowest BCUT2D eigenvalue weighted by Crippen LogP contribution is -2.16. The third-order valence-corrected chi connectivity index (χ3v) is 4.01. The molecule has 0 spiro atoms. The van der Waals surface area contributed by atoms with Crippen molar-refractivity contribution < 1.29 is 0 Å². The number of pyridine rings is 1. The Labute approximate surface area is 120 Å². The van der Waals surface area contributed by atoms with Gasteiger partial charge in [-0.25, -0.2) is 0 Å². The van der Waals surface area contributed by atoms with Crippen LogP contribution < -0.4 is 5.32 Å². The van der Waals surface area contributed by atoms with Crippen molar-refractivity contribution in [3.8, 4) is 0 Å². The summed E-state index contributed by atoms with van der Waals surface area (Å²) in [6, 6.07) is 4.85. The zero-order valence-electron chi connectivity index (χ0n) is 12.3. The molecule has 0 radical (unpaired) electrons. The van der Waals surface area contributed by atoms with Gasteiger partial charge in [-0.05, 0) is 44.7 Å². The summed E-state index contributed by atoms with van der Waals surface area (Å²) >= 11 is 0. The number of rotatable bonds is 6. The van der Waals surface area contributed by atoms with E-state index in [-0.39, 0.29) is 0 Å². The van der Waals surface area contributed by atoms with Crippen molar-refractivity contribution in [2.45, 2.75) is 52.2 Å². The monoisotopic (exact) mass is 270 g/mol. The first-order valence-corrected chi connectivity index (χ1v) is 7.39. The molecule has 1 aliphatic carbocycles. The summed E-state index contributed by atoms with van der Waals surface area (Å²) in [4.78, 5) is 4.16. The maximum Gasteiger partial charge on any atom is 0.0641 e. The van der Waals surface area contributed by atoms with Gasteiger partial charge in [-0.3, -0.25) is 9.67 Å². The van der Waals surface area contributed by atoms with Gasteiger partial charge in [-0.2, -0.15) is 5.10 Å². The molecule has 4 nitrogen and oxygen atoms in total. The lowest BCUT2D eigenvalue weighted by atomic mass is 10.2. The van der Waals surface area contributed by atoms with Gasteiger partial charge < -0.3 is 5.32 Å². The van der Waals surface area contributed by atoms with Crippen molar-refractivity contribution >= 4 is 0 Å². The van der Waals surface area contributed by atoms with Crippen molar-refractivity contribution in [1.82, 2.24) is 20.1 Å². The van der Waals surface area contributed by atoms with E-state index in [9.17, 15) is 0 Å². The molecule has 0 aromatic carbocycles. The lowest BCUT2D eigenvalue weighted by molar-refractivity contribution is 0.591. The molecule has 1 aliphatic rings. The van der Waals surface area contributed by atoms with Gasteiger partial charge in [-0.15, -0.1) is 0 Å². The van der Waals surface area contributed by atoms with Gasteiger partial charge in [0.15, 0.2) is 0 Å². The molecule has 0 atom stereocenters. The summed E-state index contributed by atoms with van der Waals surface area (Å²) in [5.41, 5.74) is 5.07. The first-order valence-electron chi connectivity index (χ1n) is 7.39. The minimum Gasteiger partial charge on any atom is -0.310 e. The van der Waals surface area contributed by atoms with Gasteiger partial charge in [0, 0.05) is 42.8 Å². The van der Waals surface area contributed by atoms with Crippen LogP contribution in [-0.2, 0) is 19.5 Å². The van der Waals surface area contributed by atoms with Gasteiger partial charge in [0.1, 0.15) is 0 Å². The highest BCUT2D eigenvalue weighted by Gasteiger charge is 2.21. The lowest BCUT2D eigenvalue weighted by Gasteiger charge is -2.06. The maximum atomic E-state index is 4.68. The van der Waals surface area contributed by atoms with E-state index in [1.807, 2.05) is 18.5 Å². The third-order valence-electron chi connectivity index (χ3n) is 4.01. The van der Waals surface area contributed by atoms with Crippen molar-refractivity contribution in [2.24, 2.45) is 0 Å². The van der Waals surface area contributed by atoms with Crippen LogP contribution in [0.25, 0.3) is 0 Å².